The number of amides is 2. The molecule has 2 saturated heterocycles. The summed E-state index contributed by atoms with van der Waals surface area (Å²) < 4.78 is 0. The van der Waals surface area contributed by atoms with Gasteiger partial charge in [-0.1, -0.05) is 6.92 Å². The van der Waals surface area contributed by atoms with E-state index in [1.165, 1.54) is 0 Å². The van der Waals surface area contributed by atoms with Crippen LogP contribution in [0.1, 0.15) is 45.4 Å². The molecule has 20 heavy (non-hydrogen) atoms. The first-order valence-corrected chi connectivity index (χ1v) is 7.86. The van der Waals surface area contributed by atoms with Gasteiger partial charge in [-0.3, -0.25) is 9.59 Å². The summed E-state index contributed by atoms with van der Waals surface area (Å²) in [4.78, 5) is 28.1. The zero-order valence-corrected chi connectivity index (χ0v) is 12.4. The van der Waals surface area contributed by atoms with Crippen LogP contribution in [0.5, 0.6) is 0 Å². The molecule has 0 aliphatic carbocycles. The van der Waals surface area contributed by atoms with Gasteiger partial charge in [0.05, 0.1) is 12.0 Å². The number of carbonyl (C=O) groups is 2. The first kappa shape index (κ1) is 15.3. The summed E-state index contributed by atoms with van der Waals surface area (Å²) in [5.74, 6) is 0.219. The van der Waals surface area contributed by atoms with Crippen LogP contribution in [0.4, 0.5) is 0 Å². The van der Waals surface area contributed by atoms with Crippen molar-refractivity contribution in [1.29, 1.82) is 0 Å². The van der Waals surface area contributed by atoms with Gasteiger partial charge in [0.25, 0.3) is 0 Å². The summed E-state index contributed by atoms with van der Waals surface area (Å²) >= 11 is 0. The fourth-order valence-corrected chi connectivity index (χ4v) is 3.19. The molecule has 2 aliphatic rings. The van der Waals surface area contributed by atoms with E-state index in [2.05, 4.69) is 0 Å². The smallest absolute Gasteiger partial charge is 0.227 e. The largest absolute Gasteiger partial charge is 0.391 e. The van der Waals surface area contributed by atoms with E-state index in [1.54, 1.807) is 4.90 Å². The second kappa shape index (κ2) is 7.07. The Hall–Kier alpha value is -1.10. The molecule has 2 aliphatic heterocycles. The molecule has 0 saturated carbocycles. The zero-order chi connectivity index (χ0) is 14.5. The molecule has 2 rings (SSSR count). The molecule has 114 valence electrons. The molecule has 0 aromatic carbocycles. The lowest BCUT2D eigenvalue weighted by Crippen LogP contribution is -2.50. The van der Waals surface area contributed by atoms with Crippen LogP contribution in [0, 0.1) is 5.92 Å². The Labute approximate surface area is 120 Å². The van der Waals surface area contributed by atoms with Crippen LogP contribution in [-0.4, -0.2) is 59.0 Å². The molecule has 1 N–H and O–H groups in total. The average Bonchev–Trinajstić information content (AvgIpc) is 2.47. The number of β-amino-alcohol motifs (C(OH)–C–C–N with tert-alkyl or cyclic N) is 1. The number of aliphatic hydroxyl groups excluding tert-OH is 1. The van der Waals surface area contributed by atoms with E-state index >= 15 is 0 Å². The minimum atomic E-state index is -0.380. The Bertz CT molecular complexity index is 359. The Morgan fingerprint density at radius 2 is 1.80 bits per heavy atom. The maximum atomic E-state index is 12.5. The van der Waals surface area contributed by atoms with Crippen molar-refractivity contribution in [1.82, 2.24) is 9.80 Å². The van der Waals surface area contributed by atoms with Crippen molar-refractivity contribution in [2.75, 3.05) is 26.2 Å². The number of hydrogen-bond donors (Lipinski definition) is 1. The fourth-order valence-electron chi connectivity index (χ4n) is 3.19. The molecular formula is C15H26N2O3. The summed E-state index contributed by atoms with van der Waals surface area (Å²) in [5.41, 5.74) is 0. The Kier molecular flexibility index (Phi) is 5.40. The molecule has 0 bridgehead atoms. The number of rotatable bonds is 3. The quantitative estimate of drug-likeness (QED) is 0.840. The molecular weight excluding hydrogens is 256 g/mol. The summed E-state index contributed by atoms with van der Waals surface area (Å²) in [5, 5.41) is 9.68. The van der Waals surface area contributed by atoms with Gasteiger partial charge in [-0.25, -0.2) is 0 Å². The summed E-state index contributed by atoms with van der Waals surface area (Å²) in [7, 11) is 0. The van der Waals surface area contributed by atoms with Crippen LogP contribution >= 0.6 is 0 Å². The van der Waals surface area contributed by atoms with Crippen LogP contribution < -0.4 is 0 Å². The van der Waals surface area contributed by atoms with Crippen molar-refractivity contribution in [2.45, 2.75) is 51.6 Å². The number of carbonyl (C=O) groups excluding carboxylic acids is 2. The van der Waals surface area contributed by atoms with Crippen molar-refractivity contribution in [2.24, 2.45) is 5.92 Å². The third-order valence-corrected chi connectivity index (χ3v) is 4.30. The van der Waals surface area contributed by atoms with Gasteiger partial charge in [0, 0.05) is 32.6 Å². The Balaban J connectivity index is 1.91. The Morgan fingerprint density at radius 1 is 1.10 bits per heavy atom. The van der Waals surface area contributed by atoms with Crippen molar-refractivity contribution < 1.29 is 14.7 Å². The number of nitrogens with zero attached hydrogens (tertiary/aromatic N) is 2. The van der Waals surface area contributed by atoms with Crippen molar-refractivity contribution in [3.8, 4) is 0 Å². The monoisotopic (exact) mass is 282 g/mol. The second-order valence-electron chi connectivity index (χ2n) is 6.01. The highest BCUT2D eigenvalue weighted by Gasteiger charge is 2.32. The first-order chi connectivity index (χ1) is 9.61. The van der Waals surface area contributed by atoms with Crippen LogP contribution in [-0.2, 0) is 9.59 Å². The van der Waals surface area contributed by atoms with Gasteiger partial charge in [0.2, 0.25) is 11.8 Å². The molecule has 0 aromatic heterocycles. The molecule has 2 amide bonds. The van der Waals surface area contributed by atoms with E-state index in [1.807, 2.05) is 11.8 Å². The molecule has 5 heteroatoms. The van der Waals surface area contributed by atoms with Crippen molar-refractivity contribution in [3.63, 3.8) is 0 Å². The maximum absolute atomic E-state index is 12.5. The van der Waals surface area contributed by atoms with Gasteiger partial charge in [-0.2, -0.15) is 0 Å². The van der Waals surface area contributed by atoms with E-state index in [9.17, 15) is 14.7 Å². The minimum Gasteiger partial charge on any atom is -0.391 e. The molecule has 0 aromatic rings. The van der Waals surface area contributed by atoms with Crippen LogP contribution in [0.25, 0.3) is 0 Å². The lowest BCUT2D eigenvalue weighted by Gasteiger charge is -2.37. The SMILES string of the molecule is CCCC(=O)N1CCCC(C(=O)N2CCCC(O)C2)C1. The van der Waals surface area contributed by atoms with Gasteiger partial charge in [-0.05, 0) is 32.1 Å². The second-order valence-corrected chi connectivity index (χ2v) is 6.01. The molecule has 0 radical (unpaired) electrons. The molecule has 5 nitrogen and oxygen atoms in total. The third kappa shape index (κ3) is 3.72. The number of piperidine rings is 2. The average molecular weight is 282 g/mol. The van der Waals surface area contributed by atoms with E-state index < -0.39 is 0 Å². The van der Waals surface area contributed by atoms with Gasteiger partial charge in [0.15, 0.2) is 0 Å². The van der Waals surface area contributed by atoms with Gasteiger partial charge >= 0.3 is 0 Å². The maximum Gasteiger partial charge on any atom is 0.227 e. The molecule has 0 spiro atoms. The van der Waals surface area contributed by atoms with E-state index in [0.29, 0.717) is 19.5 Å². The normalized spacial score (nSPS) is 27.5. The molecule has 2 heterocycles. The number of aliphatic hydroxyl groups is 1. The van der Waals surface area contributed by atoms with Crippen LogP contribution in [0.15, 0.2) is 0 Å². The van der Waals surface area contributed by atoms with E-state index in [4.69, 9.17) is 0 Å². The molecule has 2 fully saturated rings. The van der Waals surface area contributed by atoms with E-state index in [-0.39, 0.29) is 23.8 Å². The van der Waals surface area contributed by atoms with Gasteiger partial charge in [0.1, 0.15) is 0 Å². The highest BCUT2D eigenvalue weighted by atomic mass is 16.3. The molecule has 2 atom stereocenters. The lowest BCUT2D eigenvalue weighted by atomic mass is 9.95. The Morgan fingerprint density at radius 3 is 2.50 bits per heavy atom. The predicted octanol–water partition coefficient (Wildman–Crippen LogP) is 1.01. The summed E-state index contributed by atoms with van der Waals surface area (Å²) in [6, 6.07) is 0. The van der Waals surface area contributed by atoms with Crippen molar-refractivity contribution in [3.05, 3.63) is 0 Å². The lowest BCUT2D eigenvalue weighted by molar-refractivity contribution is -0.143. The first-order valence-electron chi connectivity index (χ1n) is 7.86. The highest BCUT2D eigenvalue weighted by Crippen LogP contribution is 2.22. The van der Waals surface area contributed by atoms with Crippen LogP contribution in [0.3, 0.4) is 0 Å². The molecule has 2 unspecified atom stereocenters. The number of hydrogen-bond acceptors (Lipinski definition) is 3. The van der Waals surface area contributed by atoms with Crippen LogP contribution in [0.2, 0.25) is 0 Å². The zero-order valence-electron chi connectivity index (χ0n) is 12.4. The highest BCUT2D eigenvalue weighted by molar-refractivity contribution is 5.81. The topological polar surface area (TPSA) is 60.9 Å². The summed E-state index contributed by atoms with van der Waals surface area (Å²) in [6.07, 6.45) is 4.47. The van der Waals surface area contributed by atoms with Gasteiger partial charge in [-0.15, -0.1) is 0 Å². The number of likely N-dealkylation sites (tertiary alicyclic amines) is 2. The standard InChI is InChI=1S/C15H26N2O3/c1-2-5-14(19)16-8-3-6-12(10-16)15(20)17-9-4-7-13(18)11-17/h12-13,18H,2-11H2,1H3. The summed E-state index contributed by atoms with van der Waals surface area (Å²) in [6.45, 7) is 4.54. The third-order valence-electron chi connectivity index (χ3n) is 4.30. The predicted molar refractivity (Wildman–Crippen MR) is 76.0 cm³/mol. The minimum absolute atomic E-state index is 0.0742. The van der Waals surface area contributed by atoms with Crippen molar-refractivity contribution >= 4 is 11.8 Å². The fraction of sp³-hybridized carbons (Fsp3) is 0.867. The van der Waals surface area contributed by atoms with E-state index in [0.717, 1.165) is 45.2 Å². The van der Waals surface area contributed by atoms with Gasteiger partial charge < -0.3 is 14.9 Å².